The predicted octanol–water partition coefficient (Wildman–Crippen LogP) is 2.32. The van der Waals surface area contributed by atoms with Crippen LogP contribution in [0.3, 0.4) is 0 Å². The molecule has 0 atom stereocenters. The molecule has 0 aliphatic heterocycles. The van der Waals surface area contributed by atoms with Gasteiger partial charge in [-0.25, -0.2) is 0 Å². The largest absolute Gasteiger partial charge is 0.359 e. The SMILES string of the molecule is Cc1ccc2[nH]cc(C(=O)N=[N+]=[N-])c2n1. The first kappa shape index (κ1) is 9.23. The normalized spacial score (nSPS) is 9.93. The summed E-state index contributed by atoms with van der Waals surface area (Å²) < 4.78 is 0. The highest BCUT2D eigenvalue weighted by Crippen LogP contribution is 2.17. The fraction of sp³-hybridized carbons (Fsp3) is 0.111. The van der Waals surface area contributed by atoms with Crippen molar-refractivity contribution >= 4 is 16.9 Å². The summed E-state index contributed by atoms with van der Waals surface area (Å²) in [5, 5.41) is 3.03. The van der Waals surface area contributed by atoms with Crippen LogP contribution in [-0.4, -0.2) is 15.9 Å². The van der Waals surface area contributed by atoms with Crippen LogP contribution in [0.2, 0.25) is 0 Å². The number of nitrogens with zero attached hydrogens (tertiary/aromatic N) is 4. The number of amides is 1. The monoisotopic (exact) mass is 201 g/mol. The number of aromatic amines is 1. The van der Waals surface area contributed by atoms with Crippen molar-refractivity contribution in [1.82, 2.24) is 9.97 Å². The first-order chi connectivity index (χ1) is 7.22. The van der Waals surface area contributed by atoms with E-state index in [-0.39, 0.29) is 0 Å². The molecule has 2 aromatic rings. The van der Waals surface area contributed by atoms with E-state index in [9.17, 15) is 4.79 Å². The number of azide groups is 1. The van der Waals surface area contributed by atoms with Gasteiger partial charge in [-0.3, -0.25) is 9.78 Å². The minimum Gasteiger partial charge on any atom is -0.359 e. The molecule has 74 valence electrons. The summed E-state index contributed by atoms with van der Waals surface area (Å²) >= 11 is 0. The summed E-state index contributed by atoms with van der Waals surface area (Å²) in [5.74, 6) is -0.623. The topological polar surface area (TPSA) is 94.5 Å². The second-order valence-corrected chi connectivity index (χ2v) is 3.05. The van der Waals surface area contributed by atoms with E-state index in [0.29, 0.717) is 11.1 Å². The lowest BCUT2D eigenvalue weighted by molar-refractivity contribution is 0.100. The van der Waals surface area contributed by atoms with Crippen molar-refractivity contribution in [2.24, 2.45) is 5.11 Å². The van der Waals surface area contributed by atoms with Crippen LogP contribution in [0.15, 0.2) is 23.4 Å². The number of rotatable bonds is 1. The highest BCUT2D eigenvalue weighted by atomic mass is 16.1. The lowest BCUT2D eigenvalue weighted by Gasteiger charge is -1.93. The van der Waals surface area contributed by atoms with Crippen LogP contribution < -0.4 is 0 Å². The van der Waals surface area contributed by atoms with Crippen LogP contribution >= 0.6 is 0 Å². The standard InChI is InChI=1S/C9H7N5O/c1-5-2-3-7-8(12-5)6(4-11-7)9(15)13-14-10/h2-4,11H,1H3. The molecule has 2 aromatic heterocycles. The Kier molecular flexibility index (Phi) is 2.11. The molecule has 0 spiro atoms. The Morgan fingerprint density at radius 1 is 1.60 bits per heavy atom. The molecule has 2 rings (SSSR count). The minimum absolute atomic E-state index is 0.298. The number of pyridine rings is 1. The van der Waals surface area contributed by atoms with Crippen LogP contribution in [0.5, 0.6) is 0 Å². The Balaban J connectivity index is 2.66. The number of carbonyl (C=O) groups is 1. The summed E-state index contributed by atoms with van der Waals surface area (Å²) in [4.78, 5) is 20.9. The molecule has 0 aromatic carbocycles. The third kappa shape index (κ3) is 1.53. The zero-order valence-electron chi connectivity index (χ0n) is 7.93. The van der Waals surface area contributed by atoms with E-state index in [1.165, 1.54) is 6.20 Å². The lowest BCUT2D eigenvalue weighted by Crippen LogP contribution is -1.93. The molecule has 1 amide bonds. The van der Waals surface area contributed by atoms with Crippen LogP contribution in [0.25, 0.3) is 21.5 Å². The van der Waals surface area contributed by atoms with E-state index < -0.39 is 5.91 Å². The number of hydrogen-bond donors (Lipinski definition) is 1. The first-order valence-electron chi connectivity index (χ1n) is 4.26. The Hall–Kier alpha value is -2.33. The van der Waals surface area contributed by atoms with Gasteiger partial charge in [0.1, 0.15) is 0 Å². The fourth-order valence-electron chi connectivity index (χ4n) is 1.35. The van der Waals surface area contributed by atoms with Crippen molar-refractivity contribution in [2.45, 2.75) is 6.92 Å². The van der Waals surface area contributed by atoms with Gasteiger partial charge in [-0.15, -0.1) is 0 Å². The summed E-state index contributed by atoms with van der Waals surface area (Å²) in [5.41, 5.74) is 10.6. The van der Waals surface area contributed by atoms with Gasteiger partial charge in [0.2, 0.25) is 0 Å². The van der Waals surface area contributed by atoms with Crippen molar-refractivity contribution in [3.05, 3.63) is 40.0 Å². The molecule has 0 fully saturated rings. The van der Waals surface area contributed by atoms with Crippen molar-refractivity contribution in [2.75, 3.05) is 0 Å². The smallest absolute Gasteiger partial charge is 0.252 e. The zero-order chi connectivity index (χ0) is 10.8. The molecule has 2 heterocycles. The summed E-state index contributed by atoms with van der Waals surface area (Å²) in [6.45, 7) is 1.83. The van der Waals surface area contributed by atoms with Gasteiger partial charge >= 0.3 is 0 Å². The Labute approximate surface area is 84.6 Å². The van der Waals surface area contributed by atoms with E-state index in [4.69, 9.17) is 5.53 Å². The predicted molar refractivity (Wildman–Crippen MR) is 54.3 cm³/mol. The van der Waals surface area contributed by atoms with Crippen LogP contribution in [0, 0.1) is 6.92 Å². The maximum Gasteiger partial charge on any atom is 0.252 e. The molecule has 1 N–H and O–H groups in total. The molecule has 15 heavy (non-hydrogen) atoms. The molecule has 0 saturated carbocycles. The van der Waals surface area contributed by atoms with Gasteiger partial charge in [0, 0.05) is 16.8 Å². The van der Waals surface area contributed by atoms with E-state index >= 15 is 0 Å². The number of hydrogen-bond acceptors (Lipinski definition) is 2. The maximum atomic E-state index is 11.4. The van der Waals surface area contributed by atoms with Gasteiger partial charge in [0.25, 0.3) is 5.91 Å². The Morgan fingerprint density at radius 2 is 2.40 bits per heavy atom. The second kappa shape index (κ2) is 3.43. The van der Waals surface area contributed by atoms with E-state index in [1.807, 2.05) is 19.1 Å². The molecule has 6 nitrogen and oxygen atoms in total. The maximum absolute atomic E-state index is 11.4. The molecule has 0 bridgehead atoms. The van der Waals surface area contributed by atoms with E-state index in [0.717, 1.165) is 11.2 Å². The van der Waals surface area contributed by atoms with E-state index in [1.54, 1.807) is 0 Å². The second-order valence-electron chi connectivity index (χ2n) is 3.05. The average Bonchev–Trinajstić information content (AvgIpc) is 2.60. The van der Waals surface area contributed by atoms with E-state index in [2.05, 4.69) is 20.0 Å². The van der Waals surface area contributed by atoms with Crippen LogP contribution in [0.1, 0.15) is 16.1 Å². The number of nitrogens with one attached hydrogen (secondary N) is 1. The van der Waals surface area contributed by atoms with Crippen molar-refractivity contribution in [3.63, 3.8) is 0 Å². The number of aryl methyl sites for hydroxylation is 1. The molecule has 0 saturated heterocycles. The third-order valence-corrected chi connectivity index (χ3v) is 2.03. The molecular formula is C9H7N5O. The van der Waals surface area contributed by atoms with Crippen molar-refractivity contribution < 1.29 is 4.79 Å². The quantitative estimate of drug-likeness (QED) is 0.435. The number of carbonyl (C=O) groups excluding carboxylic acids is 1. The molecule has 0 aliphatic carbocycles. The Morgan fingerprint density at radius 3 is 3.13 bits per heavy atom. The average molecular weight is 201 g/mol. The van der Waals surface area contributed by atoms with Crippen LogP contribution in [-0.2, 0) is 0 Å². The molecule has 0 unspecified atom stereocenters. The lowest BCUT2D eigenvalue weighted by atomic mass is 10.2. The summed E-state index contributed by atoms with van der Waals surface area (Å²) in [7, 11) is 0. The zero-order valence-corrected chi connectivity index (χ0v) is 7.93. The van der Waals surface area contributed by atoms with Gasteiger partial charge in [-0.2, -0.15) is 0 Å². The highest BCUT2D eigenvalue weighted by molar-refractivity contribution is 6.05. The Bertz CT molecular complexity index is 579. The van der Waals surface area contributed by atoms with Gasteiger partial charge < -0.3 is 4.98 Å². The number of H-pyrrole nitrogens is 1. The fourth-order valence-corrected chi connectivity index (χ4v) is 1.35. The van der Waals surface area contributed by atoms with Gasteiger partial charge in [-0.05, 0) is 29.7 Å². The molecule has 6 heteroatoms. The number of aromatic nitrogens is 2. The van der Waals surface area contributed by atoms with Gasteiger partial charge in [0.15, 0.2) is 0 Å². The molecule has 0 radical (unpaired) electrons. The number of fused-ring (bicyclic) bond motifs is 1. The van der Waals surface area contributed by atoms with Crippen molar-refractivity contribution in [1.29, 1.82) is 0 Å². The highest BCUT2D eigenvalue weighted by Gasteiger charge is 2.11. The summed E-state index contributed by atoms with van der Waals surface area (Å²) in [6.07, 6.45) is 1.49. The third-order valence-electron chi connectivity index (χ3n) is 2.03. The van der Waals surface area contributed by atoms with Gasteiger partial charge in [0.05, 0.1) is 16.6 Å². The minimum atomic E-state index is -0.623. The van der Waals surface area contributed by atoms with Gasteiger partial charge in [-0.1, -0.05) is 0 Å². The van der Waals surface area contributed by atoms with Crippen molar-refractivity contribution in [3.8, 4) is 0 Å². The van der Waals surface area contributed by atoms with Crippen LogP contribution in [0.4, 0.5) is 0 Å². The summed E-state index contributed by atoms with van der Waals surface area (Å²) in [6, 6.07) is 3.66. The molecular weight excluding hydrogens is 194 g/mol. The first-order valence-corrected chi connectivity index (χ1v) is 4.26. The molecule has 0 aliphatic rings.